The SMILES string of the molecule is CC(C)(C)c1ccc(N2C(=O)CSC2c2ccc(NC(=O)COc3ccccc3)cc2)cc1. The standard InChI is InChI=1S/C27H28N2O3S/c1-27(2,3)20-11-15-22(16-12-20)29-25(31)18-33-26(29)19-9-13-21(14-10-19)28-24(30)17-32-23-7-5-4-6-8-23/h4-16,26H,17-18H2,1-3H3,(H,28,30). The number of amides is 2. The van der Waals surface area contributed by atoms with Crippen LogP contribution < -0.4 is 15.0 Å². The molecule has 1 fully saturated rings. The van der Waals surface area contributed by atoms with Crippen LogP contribution in [0, 0.1) is 0 Å². The predicted molar refractivity (Wildman–Crippen MR) is 135 cm³/mol. The first-order chi connectivity index (χ1) is 15.8. The van der Waals surface area contributed by atoms with Crippen molar-refractivity contribution in [1.82, 2.24) is 0 Å². The van der Waals surface area contributed by atoms with Crippen LogP contribution in [0.1, 0.15) is 37.3 Å². The molecule has 2 amide bonds. The maximum absolute atomic E-state index is 12.7. The second kappa shape index (κ2) is 9.71. The molecule has 4 rings (SSSR count). The second-order valence-electron chi connectivity index (χ2n) is 9.00. The van der Waals surface area contributed by atoms with E-state index >= 15 is 0 Å². The Labute approximate surface area is 199 Å². The summed E-state index contributed by atoms with van der Waals surface area (Å²) in [7, 11) is 0. The molecular formula is C27H28N2O3S. The molecular weight excluding hydrogens is 432 g/mol. The summed E-state index contributed by atoms with van der Waals surface area (Å²) in [6, 6.07) is 25.1. The molecule has 170 valence electrons. The molecule has 3 aromatic rings. The first-order valence-corrected chi connectivity index (χ1v) is 12.0. The molecule has 1 aliphatic heterocycles. The number of anilines is 2. The topological polar surface area (TPSA) is 58.6 Å². The summed E-state index contributed by atoms with van der Waals surface area (Å²) < 4.78 is 5.49. The van der Waals surface area contributed by atoms with Gasteiger partial charge in [0.25, 0.3) is 5.91 Å². The summed E-state index contributed by atoms with van der Waals surface area (Å²) >= 11 is 1.61. The van der Waals surface area contributed by atoms with Gasteiger partial charge in [-0.2, -0.15) is 0 Å². The van der Waals surface area contributed by atoms with E-state index in [1.165, 1.54) is 5.56 Å². The van der Waals surface area contributed by atoms with Crippen molar-refractivity contribution in [2.75, 3.05) is 22.6 Å². The van der Waals surface area contributed by atoms with Gasteiger partial charge in [0.2, 0.25) is 5.91 Å². The fourth-order valence-corrected chi connectivity index (χ4v) is 4.84. The van der Waals surface area contributed by atoms with Crippen molar-refractivity contribution in [3.8, 4) is 5.75 Å². The average molecular weight is 461 g/mol. The van der Waals surface area contributed by atoms with Crippen LogP contribution in [0.4, 0.5) is 11.4 Å². The van der Waals surface area contributed by atoms with Gasteiger partial charge < -0.3 is 10.1 Å². The van der Waals surface area contributed by atoms with Gasteiger partial charge in [0.05, 0.1) is 5.75 Å². The molecule has 1 heterocycles. The molecule has 1 N–H and O–H groups in total. The van der Waals surface area contributed by atoms with Crippen LogP contribution >= 0.6 is 11.8 Å². The summed E-state index contributed by atoms with van der Waals surface area (Å²) in [5.74, 6) is 0.976. The van der Waals surface area contributed by atoms with Crippen molar-refractivity contribution in [3.05, 3.63) is 90.0 Å². The lowest BCUT2D eigenvalue weighted by Gasteiger charge is -2.26. The molecule has 5 nitrogen and oxygen atoms in total. The van der Waals surface area contributed by atoms with Crippen LogP contribution in [0.25, 0.3) is 0 Å². The molecule has 0 saturated carbocycles. The smallest absolute Gasteiger partial charge is 0.262 e. The van der Waals surface area contributed by atoms with Crippen molar-refractivity contribution >= 4 is 35.0 Å². The van der Waals surface area contributed by atoms with Gasteiger partial charge in [-0.3, -0.25) is 14.5 Å². The van der Waals surface area contributed by atoms with Gasteiger partial charge in [-0.05, 0) is 52.9 Å². The lowest BCUT2D eigenvalue weighted by molar-refractivity contribution is -0.118. The third-order valence-electron chi connectivity index (χ3n) is 5.47. The largest absolute Gasteiger partial charge is 0.484 e. The fourth-order valence-electron chi connectivity index (χ4n) is 3.67. The second-order valence-corrected chi connectivity index (χ2v) is 10.1. The summed E-state index contributed by atoms with van der Waals surface area (Å²) in [5.41, 5.74) is 3.91. The number of hydrogen-bond donors (Lipinski definition) is 1. The minimum Gasteiger partial charge on any atom is -0.484 e. The molecule has 0 aromatic heterocycles. The first kappa shape index (κ1) is 22.9. The Hall–Kier alpha value is -3.25. The van der Waals surface area contributed by atoms with Crippen molar-refractivity contribution in [2.24, 2.45) is 0 Å². The Morgan fingerprint density at radius 3 is 2.30 bits per heavy atom. The van der Waals surface area contributed by atoms with Crippen LogP contribution in [-0.4, -0.2) is 24.2 Å². The Kier molecular flexibility index (Phi) is 6.75. The fraction of sp³-hybridized carbons (Fsp3) is 0.259. The third-order valence-corrected chi connectivity index (χ3v) is 6.68. The van der Waals surface area contributed by atoms with Gasteiger partial charge >= 0.3 is 0 Å². The van der Waals surface area contributed by atoms with Gasteiger partial charge in [-0.1, -0.05) is 63.2 Å². The number of para-hydroxylation sites is 1. The Balaban J connectivity index is 1.42. The van der Waals surface area contributed by atoms with Gasteiger partial charge in [0, 0.05) is 11.4 Å². The molecule has 6 heteroatoms. The Morgan fingerprint density at radius 1 is 1.00 bits per heavy atom. The van der Waals surface area contributed by atoms with Crippen molar-refractivity contribution in [2.45, 2.75) is 31.6 Å². The average Bonchev–Trinajstić information content (AvgIpc) is 3.20. The Morgan fingerprint density at radius 2 is 1.67 bits per heavy atom. The number of thioether (sulfide) groups is 1. The molecule has 0 aliphatic carbocycles. The highest BCUT2D eigenvalue weighted by Gasteiger charge is 2.34. The lowest BCUT2D eigenvalue weighted by Crippen LogP contribution is -2.28. The number of nitrogens with zero attached hydrogens (tertiary/aromatic N) is 1. The number of rotatable bonds is 6. The molecule has 33 heavy (non-hydrogen) atoms. The van der Waals surface area contributed by atoms with Crippen LogP contribution in [0.15, 0.2) is 78.9 Å². The van der Waals surface area contributed by atoms with Crippen molar-refractivity contribution < 1.29 is 14.3 Å². The third kappa shape index (κ3) is 5.57. The van der Waals surface area contributed by atoms with E-state index in [1.807, 2.05) is 71.6 Å². The van der Waals surface area contributed by atoms with E-state index in [9.17, 15) is 9.59 Å². The maximum atomic E-state index is 12.7. The van der Waals surface area contributed by atoms with Crippen LogP contribution in [0.2, 0.25) is 0 Å². The highest BCUT2D eigenvalue weighted by atomic mass is 32.2. The molecule has 0 bridgehead atoms. The van der Waals surface area contributed by atoms with Crippen LogP contribution in [0.3, 0.4) is 0 Å². The van der Waals surface area contributed by atoms with Crippen molar-refractivity contribution in [3.63, 3.8) is 0 Å². The normalized spacial score (nSPS) is 16.0. The monoisotopic (exact) mass is 460 g/mol. The Bertz CT molecular complexity index is 1110. The van der Waals surface area contributed by atoms with Gasteiger partial charge in [0.15, 0.2) is 6.61 Å². The minimum absolute atomic E-state index is 0.0585. The highest BCUT2D eigenvalue weighted by molar-refractivity contribution is 8.00. The predicted octanol–water partition coefficient (Wildman–Crippen LogP) is 5.78. The number of carbonyl (C=O) groups excluding carboxylic acids is 2. The quantitative estimate of drug-likeness (QED) is 0.507. The molecule has 3 aromatic carbocycles. The van der Waals surface area contributed by atoms with E-state index < -0.39 is 0 Å². The van der Waals surface area contributed by atoms with E-state index in [1.54, 1.807) is 11.8 Å². The van der Waals surface area contributed by atoms with Gasteiger partial charge in [-0.15, -0.1) is 11.8 Å². The van der Waals surface area contributed by atoms with Crippen LogP contribution in [-0.2, 0) is 15.0 Å². The summed E-state index contributed by atoms with van der Waals surface area (Å²) in [6.07, 6.45) is 0. The van der Waals surface area contributed by atoms with Gasteiger partial charge in [0.1, 0.15) is 11.1 Å². The lowest BCUT2D eigenvalue weighted by atomic mass is 9.87. The number of ether oxygens (including phenoxy) is 1. The van der Waals surface area contributed by atoms with Crippen LogP contribution in [0.5, 0.6) is 5.75 Å². The number of benzene rings is 3. The molecule has 0 spiro atoms. The molecule has 1 unspecified atom stereocenters. The minimum atomic E-state index is -0.224. The number of hydrogen-bond acceptors (Lipinski definition) is 4. The van der Waals surface area contributed by atoms with E-state index in [0.29, 0.717) is 17.2 Å². The van der Waals surface area contributed by atoms with E-state index in [4.69, 9.17) is 4.74 Å². The maximum Gasteiger partial charge on any atom is 0.262 e. The van der Waals surface area contributed by atoms with Crippen molar-refractivity contribution in [1.29, 1.82) is 0 Å². The summed E-state index contributed by atoms with van der Waals surface area (Å²) in [4.78, 5) is 26.7. The molecule has 1 saturated heterocycles. The zero-order chi connectivity index (χ0) is 23.4. The number of carbonyl (C=O) groups is 2. The van der Waals surface area contributed by atoms with E-state index in [-0.39, 0.29) is 29.2 Å². The van der Waals surface area contributed by atoms with Gasteiger partial charge in [-0.25, -0.2) is 0 Å². The zero-order valence-electron chi connectivity index (χ0n) is 19.1. The summed E-state index contributed by atoms with van der Waals surface area (Å²) in [5, 5.41) is 2.76. The first-order valence-electron chi connectivity index (χ1n) is 10.9. The van der Waals surface area contributed by atoms with E-state index in [2.05, 4.69) is 38.2 Å². The number of nitrogens with one attached hydrogen (secondary N) is 1. The van der Waals surface area contributed by atoms with E-state index in [0.717, 1.165) is 11.3 Å². The zero-order valence-corrected chi connectivity index (χ0v) is 19.9. The molecule has 1 aliphatic rings. The molecule has 1 atom stereocenters. The highest BCUT2D eigenvalue weighted by Crippen LogP contribution is 2.42. The molecule has 0 radical (unpaired) electrons. The summed E-state index contributed by atoms with van der Waals surface area (Å²) in [6.45, 7) is 6.47.